The lowest BCUT2D eigenvalue weighted by atomic mass is 9.82. The Bertz CT molecular complexity index is 1260. The lowest BCUT2D eigenvalue weighted by Crippen LogP contribution is -2.26. The van der Waals surface area contributed by atoms with Crippen LogP contribution in [0.4, 0.5) is 5.69 Å². The number of hydrogen-bond acceptors (Lipinski definition) is 5. The molecule has 0 spiro atoms. The molecule has 0 aromatic heterocycles. The Labute approximate surface area is 186 Å². The number of hydrogen-bond donors (Lipinski definition) is 1. The summed E-state index contributed by atoms with van der Waals surface area (Å²) >= 11 is 3.35. The van der Waals surface area contributed by atoms with Crippen molar-refractivity contribution in [3.8, 4) is 0 Å². The maximum absolute atomic E-state index is 13.0. The Morgan fingerprint density at radius 2 is 1.58 bits per heavy atom. The maximum atomic E-state index is 13.0. The van der Waals surface area contributed by atoms with Crippen LogP contribution >= 0.6 is 15.9 Å². The summed E-state index contributed by atoms with van der Waals surface area (Å²) in [5, 5.41) is 2.68. The Morgan fingerprint density at radius 3 is 2.29 bits per heavy atom. The van der Waals surface area contributed by atoms with Gasteiger partial charge in [-0.2, -0.15) is 0 Å². The normalized spacial score (nSPS) is 12.1. The largest absolute Gasteiger partial charge is 0.452 e. The Balaban J connectivity index is 1.53. The second kappa shape index (κ2) is 8.28. The fourth-order valence-electron chi connectivity index (χ4n) is 3.48. The summed E-state index contributed by atoms with van der Waals surface area (Å²) < 4.78 is 6.02. The molecule has 31 heavy (non-hydrogen) atoms. The summed E-state index contributed by atoms with van der Waals surface area (Å²) in [5.74, 6) is -2.12. The number of ether oxygens (including phenoxy) is 1. The molecule has 1 N–H and O–H groups in total. The second-order valence-corrected chi connectivity index (χ2v) is 7.93. The van der Waals surface area contributed by atoms with Gasteiger partial charge in [-0.15, -0.1) is 0 Å². The zero-order valence-corrected chi connectivity index (χ0v) is 18.0. The lowest BCUT2D eigenvalue weighted by molar-refractivity contribution is -0.119. The molecule has 0 heterocycles. The van der Waals surface area contributed by atoms with Crippen LogP contribution in [0.15, 0.2) is 65.1 Å². The third-order valence-corrected chi connectivity index (χ3v) is 5.46. The number of anilines is 1. The molecule has 0 aliphatic heterocycles. The highest BCUT2D eigenvalue weighted by molar-refractivity contribution is 9.10. The number of carbonyl (C=O) groups excluding carboxylic acids is 4. The van der Waals surface area contributed by atoms with E-state index in [0.717, 1.165) is 10.0 Å². The molecule has 3 aromatic rings. The maximum Gasteiger partial charge on any atom is 0.339 e. The van der Waals surface area contributed by atoms with Gasteiger partial charge in [0.25, 0.3) is 5.91 Å². The molecule has 6 nitrogen and oxygen atoms in total. The van der Waals surface area contributed by atoms with Gasteiger partial charge < -0.3 is 10.1 Å². The number of benzene rings is 3. The molecule has 3 aromatic carbocycles. The topological polar surface area (TPSA) is 89.5 Å². The Morgan fingerprint density at radius 1 is 0.903 bits per heavy atom. The van der Waals surface area contributed by atoms with Crippen LogP contribution in [0.1, 0.15) is 47.8 Å². The van der Waals surface area contributed by atoms with Crippen molar-refractivity contribution in [2.24, 2.45) is 0 Å². The van der Waals surface area contributed by atoms with Crippen LogP contribution in [0.5, 0.6) is 0 Å². The zero-order chi connectivity index (χ0) is 22.1. The van der Waals surface area contributed by atoms with Crippen LogP contribution in [-0.4, -0.2) is 30.0 Å². The second-order valence-electron chi connectivity index (χ2n) is 7.02. The van der Waals surface area contributed by atoms with Gasteiger partial charge in [0.05, 0.1) is 5.56 Å². The van der Waals surface area contributed by atoms with Crippen LogP contribution in [0.25, 0.3) is 0 Å². The highest BCUT2D eigenvalue weighted by Crippen LogP contribution is 2.29. The average molecular weight is 478 g/mol. The monoisotopic (exact) mass is 477 g/mol. The standard InChI is InChI=1S/C24H16BrNO5/c1-13-11-14(25)9-10-19(13)26-20(27)12-31-24(30)18-8-4-7-17-21(18)23(29)16-6-3-2-5-15(16)22(17)28/h2-11H,12H2,1H3,(H,26,27). The summed E-state index contributed by atoms with van der Waals surface area (Å²) in [6.45, 7) is 1.31. The van der Waals surface area contributed by atoms with E-state index in [9.17, 15) is 19.2 Å². The molecular formula is C24H16BrNO5. The molecule has 7 heteroatoms. The Kier molecular flexibility index (Phi) is 5.52. The molecule has 0 bridgehead atoms. The highest BCUT2D eigenvalue weighted by atomic mass is 79.9. The van der Waals surface area contributed by atoms with E-state index in [0.29, 0.717) is 11.3 Å². The zero-order valence-electron chi connectivity index (χ0n) is 16.4. The fourth-order valence-corrected chi connectivity index (χ4v) is 3.95. The lowest BCUT2D eigenvalue weighted by Gasteiger charge is -2.19. The van der Waals surface area contributed by atoms with Crippen LogP contribution in [0, 0.1) is 6.92 Å². The predicted molar refractivity (Wildman–Crippen MR) is 118 cm³/mol. The molecule has 4 rings (SSSR count). The molecule has 0 saturated heterocycles. The smallest absolute Gasteiger partial charge is 0.339 e. The molecular weight excluding hydrogens is 462 g/mol. The first-order chi connectivity index (χ1) is 14.9. The van der Waals surface area contributed by atoms with E-state index in [2.05, 4.69) is 21.2 Å². The summed E-state index contributed by atoms with van der Waals surface area (Å²) in [7, 11) is 0. The van der Waals surface area contributed by atoms with Gasteiger partial charge in [-0.05, 0) is 36.8 Å². The first-order valence-corrected chi connectivity index (χ1v) is 10.2. The van der Waals surface area contributed by atoms with E-state index >= 15 is 0 Å². The summed E-state index contributed by atoms with van der Waals surface area (Å²) in [4.78, 5) is 50.7. The summed E-state index contributed by atoms with van der Waals surface area (Å²) in [6, 6.07) is 16.3. The third kappa shape index (κ3) is 3.92. The number of fused-ring (bicyclic) bond motifs is 2. The third-order valence-electron chi connectivity index (χ3n) is 4.97. The molecule has 0 radical (unpaired) electrons. The van der Waals surface area contributed by atoms with Gasteiger partial charge in [-0.25, -0.2) is 4.79 Å². The van der Waals surface area contributed by atoms with Gasteiger partial charge in [-0.3, -0.25) is 14.4 Å². The number of halogens is 1. The van der Waals surface area contributed by atoms with E-state index in [1.165, 1.54) is 18.2 Å². The molecule has 0 fully saturated rings. The van der Waals surface area contributed by atoms with Crippen LogP contribution in [0.3, 0.4) is 0 Å². The number of amides is 1. The molecule has 0 unspecified atom stereocenters. The van der Waals surface area contributed by atoms with Gasteiger partial charge in [0.1, 0.15) is 0 Å². The summed E-state index contributed by atoms with van der Waals surface area (Å²) in [6.07, 6.45) is 0. The number of ketones is 2. The fraction of sp³-hybridized carbons (Fsp3) is 0.0833. The van der Waals surface area contributed by atoms with E-state index < -0.39 is 24.3 Å². The average Bonchev–Trinajstić information content (AvgIpc) is 2.77. The minimum atomic E-state index is -0.847. The van der Waals surface area contributed by atoms with Crippen LogP contribution < -0.4 is 5.32 Å². The van der Waals surface area contributed by atoms with E-state index in [1.54, 1.807) is 36.4 Å². The van der Waals surface area contributed by atoms with Crippen molar-refractivity contribution in [2.75, 3.05) is 11.9 Å². The molecule has 1 amide bonds. The molecule has 154 valence electrons. The van der Waals surface area contributed by atoms with E-state index in [-0.39, 0.29) is 28.0 Å². The molecule has 0 saturated carbocycles. The van der Waals surface area contributed by atoms with Crippen molar-refractivity contribution < 1.29 is 23.9 Å². The minimum Gasteiger partial charge on any atom is -0.452 e. The molecule has 1 aliphatic carbocycles. The van der Waals surface area contributed by atoms with Gasteiger partial charge in [0.2, 0.25) is 0 Å². The van der Waals surface area contributed by atoms with Crippen LogP contribution in [-0.2, 0) is 9.53 Å². The Hall–Kier alpha value is -3.58. The highest BCUT2D eigenvalue weighted by Gasteiger charge is 2.33. The summed E-state index contributed by atoms with van der Waals surface area (Å²) in [5.41, 5.74) is 2.08. The molecule has 1 aliphatic rings. The minimum absolute atomic E-state index is 0.000335. The first-order valence-electron chi connectivity index (χ1n) is 9.41. The van der Waals surface area contributed by atoms with Gasteiger partial charge in [0, 0.05) is 32.4 Å². The van der Waals surface area contributed by atoms with Crippen molar-refractivity contribution in [3.05, 3.63) is 98.5 Å². The van der Waals surface area contributed by atoms with Crippen molar-refractivity contribution in [1.82, 2.24) is 0 Å². The number of rotatable bonds is 4. The number of nitrogens with one attached hydrogen (secondary N) is 1. The SMILES string of the molecule is Cc1cc(Br)ccc1NC(=O)COC(=O)c1cccc2c1C(=O)c1ccccc1C2=O. The van der Waals surface area contributed by atoms with Crippen molar-refractivity contribution in [1.29, 1.82) is 0 Å². The quantitative estimate of drug-likeness (QED) is 0.441. The number of esters is 1. The van der Waals surface area contributed by atoms with Crippen molar-refractivity contribution in [2.45, 2.75) is 6.92 Å². The van der Waals surface area contributed by atoms with Crippen molar-refractivity contribution in [3.63, 3.8) is 0 Å². The predicted octanol–water partition coefficient (Wildman–Crippen LogP) is 4.33. The van der Waals surface area contributed by atoms with Gasteiger partial charge in [0.15, 0.2) is 18.2 Å². The first kappa shape index (κ1) is 20.7. The number of aryl methyl sites for hydroxylation is 1. The van der Waals surface area contributed by atoms with E-state index in [4.69, 9.17) is 4.74 Å². The van der Waals surface area contributed by atoms with Crippen molar-refractivity contribution >= 4 is 45.1 Å². The molecule has 0 atom stereocenters. The number of carbonyl (C=O) groups is 4. The van der Waals surface area contributed by atoms with E-state index in [1.807, 2.05) is 13.0 Å². The van der Waals surface area contributed by atoms with Gasteiger partial charge in [-0.1, -0.05) is 52.3 Å². The van der Waals surface area contributed by atoms with Crippen LogP contribution in [0.2, 0.25) is 0 Å². The van der Waals surface area contributed by atoms with Gasteiger partial charge >= 0.3 is 5.97 Å².